The molecule has 1 unspecified atom stereocenters. The molecule has 1 amide bonds. The standard InChI is InChI=1S/C24H27ClN4O7/c1-29(7-8-32-2)23(31)14-5-3-13(4-6-14)10-35-22-15(25)9-16-21(27-22)28-24(26-16)36-18-12-34-19-17(30)11-33-20(18)19/h3-6,9,17-20,30H,7-8,10-12H2,1-2H3,(H,26,27,28)/t17-,18-,19-,20?/m1/s1. The maximum Gasteiger partial charge on any atom is 0.296 e. The van der Waals surface area contributed by atoms with Crippen LogP contribution < -0.4 is 9.47 Å². The molecule has 3 aromatic rings. The monoisotopic (exact) mass is 518 g/mol. The van der Waals surface area contributed by atoms with Crippen molar-refractivity contribution in [3.8, 4) is 11.9 Å². The zero-order valence-corrected chi connectivity index (χ0v) is 20.6. The van der Waals surface area contributed by atoms with Gasteiger partial charge >= 0.3 is 0 Å². The number of nitrogens with one attached hydrogen (secondary N) is 1. The van der Waals surface area contributed by atoms with E-state index in [1.807, 2.05) is 12.1 Å². The molecule has 4 atom stereocenters. The number of methoxy groups -OCH3 is 1. The van der Waals surface area contributed by atoms with Crippen molar-refractivity contribution in [1.29, 1.82) is 0 Å². The first-order chi connectivity index (χ1) is 17.4. The van der Waals surface area contributed by atoms with Crippen LogP contribution in [0.15, 0.2) is 30.3 Å². The summed E-state index contributed by atoms with van der Waals surface area (Å²) in [5, 5.41) is 10.2. The van der Waals surface area contributed by atoms with Crippen LogP contribution in [0.1, 0.15) is 15.9 Å². The van der Waals surface area contributed by atoms with Crippen molar-refractivity contribution in [2.45, 2.75) is 31.0 Å². The first kappa shape index (κ1) is 24.7. The Balaban J connectivity index is 1.21. The molecule has 192 valence electrons. The van der Waals surface area contributed by atoms with E-state index in [9.17, 15) is 9.90 Å². The zero-order chi connectivity index (χ0) is 25.2. The Morgan fingerprint density at radius 2 is 2.00 bits per heavy atom. The molecule has 1 aromatic carbocycles. The molecular formula is C24H27ClN4O7. The molecule has 4 heterocycles. The number of aromatic nitrogens is 3. The van der Waals surface area contributed by atoms with Gasteiger partial charge in [0.25, 0.3) is 11.9 Å². The van der Waals surface area contributed by atoms with Crippen LogP contribution in [0.4, 0.5) is 0 Å². The molecule has 0 bridgehead atoms. The van der Waals surface area contributed by atoms with Crippen molar-refractivity contribution in [3.05, 3.63) is 46.5 Å². The fraction of sp³-hybridized carbons (Fsp3) is 0.458. The summed E-state index contributed by atoms with van der Waals surface area (Å²) in [5.74, 6) is 0.148. The van der Waals surface area contributed by atoms with Gasteiger partial charge in [-0.1, -0.05) is 23.7 Å². The predicted molar refractivity (Wildman–Crippen MR) is 128 cm³/mol. The van der Waals surface area contributed by atoms with Crippen LogP contribution in [0.3, 0.4) is 0 Å². The molecule has 2 aliphatic rings. The van der Waals surface area contributed by atoms with Crippen LogP contribution in [-0.2, 0) is 20.8 Å². The van der Waals surface area contributed by atoms with Crippen LogP contribution in [-0.4, -0.2) is 95.8 Å². The molecular weight excluding hydrogens is 492 g/mol. The Hall–Kier alpha value is -2.96. The fourth-order valence-electron chi connectivity index (χ4n) is 4.17. The number of H-pyrrole nitrogens is 1. The number of aliphatic hydroxyl groups is 1. The van der Waals surface area contributed by atoms with Gasteiger partial charge in [-0.05, 0) is 23.8 Å². The largest absolute Gasteiger partial charge is 0.472 e. The Labute approximate surface area is 212 Å². The van der Waals surface area contributed by atoms with Crippen LogP contribution in [0.2, 0.25) is 5.02 Å². The summed E-state index contributed by atoms with van der Waals surface area (Å²) in [5.41, 5.74) is 2.40. The van der Waals surface area contributed by atoms with Gasteiger partial charge in [0.15, 0.2) is 11.8 Å². The van der Waals surface area contributed by atoms with E-state index in [-0.39, 0.29) is 37.1 Å². The lowest BCUT2D eigenvalue weighted by molar-refractivity contribution is 0.00706. The van der Waals surface area contributed by atoms with Crippen LogP contribution >= 0.6 is 11.6 Å². The molecule has 12 heteroatoms. The number of ether oxygens (including phenoxy) is 5. The Bertz CT molecular complexity index is 1220. The van der Waals surface area contributed by atoms with E-state index in [1.54, 1.807) is 37.3 Å². The van der Waals surface area contributed by atoms with E-state index in [0.29, 0.717) is 41.5 Å². The smallest absolute Gasteiger partial charge is 0.296 e. The second-order valence-electron chi connectivity index (χ2n) is 8.71. The Kier molecular flexibility index (Phi) is 7.26. The number of halogens is 1. The highest BCUT2D eigenvalue weighted by atomic mass is 35.5. The van der Waals surface area contributed by atoms with Crippen LogP contribution in [0.25, 0.3) is 11.2 Å². The van der Waals surface area contributed by atoms with Gasteiger partial charge in [0, 0.05) is 26.3 Å². The molecule has 0 saturated carbocycles. The highest BCUT2D eigenvalue weighted by Gasteiger charge is 2.48. The number of carbonyl (C=O) groups excluding carboxylic acids is 1. The Morgan fingerprint density at radius 1 is 1.22 bits per heavy atom. The first-order valence-electron chi connectivity index (χ1n) is 11.5. The van der Waals surface area contributed by atoms with Gasteiger partial charge in [-0.3, -0.25) is 4.79 Å². The third-order valence-electron chi connectivity index (χ3n) is 6.17. The summed E-state index contributed by atoms with van der Waals surface area (Å²) < 4.78 is 27.9. The number of aliphatic hydroxyl groups excluding tert-OH is 1. The predicted octanol–water partition coefficient (Wildman–Crippen LogP) is 1.81. The lowest BCUT2D eigenvalue weighted by Crippen LogP contribution is -2.34. The number of carbonyl (C=O) groups is 1. The van der Waals surface area contributed by atoms with Gasteiger partial charge in [0.2, 0.25) is 5.88 Å². The molecule has 5 rings (SSSR count). The molecule has 2 saturated heterocycles. The van der Waals surface area contributed by atoms with Gasteiger partial charge in [0.1, 0.15) is 29.9 Å². The summed E-state index contributed by atoms with van der Waals surface area (Å²) in [6.45, 7) is 1.71. The number of benzene rings is 1. The molecule has 2 fully saturated rings. The average molecular weight is 519 g/mol. The Morgan fingerprint density at radius 3 is 2.78 bits per heavy atom. The molecule has 0 spiro atoms. The van der Waals surface area contributed by atoms with E-state index < -0.39 is 18.3 Å². The third-order valence-corrected chi connectivity index (χ3v) is 6.44. The number of amides is 1. The number of aromatic amines is 1. The van der Waals surface area contributed by atoms with Crippen molar-refractivity contribution >= 4 is 28.7 Å². The summed E-state index contributed by atoms with van der Waals surface area (Å²) >= 11 is 6.38. The maximum atomic E-state index is 12.5. The van der Waals surface area contributed by atoms with Gasteiger partial charge in [0.05, 0.1) is 25.3 Å². The van der Waals surface area contributed by atoms with Gasteiger partial charge in [-0.2, -0.15) is 9.97 Å². The van der Waals surface area contributed by atoms with Gasteiger partial charge < -0.3 is 38.7 Å². The number of hydrogen-bond donors (Lipinski definition) is 2. The normalized spacial score (nSPS) is 23.1. The van der Waals surface area contributed by atoms with Gasteiger partial charge in [-0.15, -0.1) is 0 Å². The van der Waals surface area contributed by atoms with Crippen LogP contribution in [0, 0.1) is 0 Å². The molecule has 0 radical (unpaired) electrons. The lowest BCUT2D eigenvalue weighted by Gasteiger charge is -2.16. The van der Waals surface area contributed by atoms with Crippen LogP contribution in [0.5, 0.6) is 11.9 Å². The number of imidazole rings is 1. The molecule has 2 aliphatic heterocycles. The number of fused-ring (bicyclic) bond motifs is 2. The van der Waals surface area contributed by atoms with Crippen molar-refractivity contribution in [3.63, 3.8) is 0 Å². The van der Waals surface area contributed by atoms with E-state index >= 15 is 0 Å². The van der Waals surface area contributed by atoms with E-state index in [2.05, 4.69) is 15.0 Å². The van der Waals surface area contributed by atoms with Crippen molar-refractivity contribution in [2.24, 2.45) is 0 Å². The number of nitrogens with zero attached hydrogens (tertiary/aromatic N) is 3. The highest BCUT2D eigenvalue weighted by molar-refractivity contribution is 6.32. The fourth-order valence-corrected chi connectivity index (χ4v) is 4.38. The molecule has 11 nitrogen and oxygen atoms in total. The van der Waals surface area contributed by atoms with Gasteiger partial charge in [-0.25, -0.2) is 0 Å². The number of rotatable bonds is 9. The minimum atomic E-state index is -0.654. The minimum Gasteiger partial charge on any atom is -0.472 e. The lowest BCUT2D eigenvalue weighted by atomic mass is 10.1. The molecule has 2 N–H and O–H groups in total. The van der Waals surface area contributed by atoms with E-state index in [1.165, 1.54) is 0 Å². The van der Waals surface area contributed by atoms with Crippen molar-refractivity contribution < 1.29 is 33.6 Å². The number of pyridine rings is 1. The summed E-state index contributed by atoms with van der Waals surface area (Å²) in [6.07, 6.45) is -1.79. The second-order valence-corrected chi connectivity index (χ2v) is 9.12. The number of hydrogen-bond acceptors (Lipinski definition) is 9. The van der Waals surface area contributed by atoms with Crippen molar-refractivity contribution in [1.82, 2.24) is 19.9 Å². The highest BCUT2D eigenvalue weighted by Crippen LogP contribution is 2.31. The summed E-state index contributed by atoms with van der Waals surface area (Å²) in [4.78, 5) is 25.9. The SMILES string of the molecule is COCCN(C)C(=O)c1ccc(COc2nc3nc(O[C@@H]4CO[C@H]5C4OC[C@H]5O)[nH]c3cc2Cl)cc1. The van der Waals surface area contributed by atoms with E-state index in [4.69, 9.17) is 35.3 Å². The second kappa shape index (κ2) is 10.6. The summed E-state index contributed by atoms with van der Waals surface area (Å²) in [6, 6.07) is 9.07. The van der Waals surface area contributed by atoms with Crippen molar-refractivity contribution in [2.75, 3.05) is 40.5 Å². The molecule has 2 aromatic heterocycles. The molecule has 0 aliphatic carbocycles. The first-order valence-corrected chi connectivity index (χ1v) is 11.9. The molecule has 36 heavy (non-hydrogen) atoms. The average Bonchev–Trinajstić information content (AvgIpc) is 3.57. The summed E-state index contributed by atoms with van der Waals surface area (Å²) in [7, 11) is 3.34. The topological polar surface area (TPSA) is 128 Å². The maximum absolute atomic E-state index is 12.5. The minimum absolute atomic E-state index is 0.0819. The number of likely N-dealkylation sites (N-methyl/N-ethyl adjacent to an activating group) is 1. The third kappa shape index (κ3) is 5.11. The van der Waals surface area contributed by atoms with E-state index in [0.717, 1.165) is 5.56 Å². The quantitative estimate of drug-likeness (QED) is 0.436. The zero-order valence-electron chi connectivity index (χ0n) is 19.8.